The van der Waals surface area contributed by atoms with Crippen molar-refractivity contribution in [2.24, 2.45) is 0 Å². The van der Waals surface area contributed by atoms with Crippen LogP contribution in [0.5, 0.6) is 23.0 Å². The molecule has 35 nitrogen and oxygen atoms in total. The zero-order valence-electron chi connectivity index (χ0n) is 54.1. The van der Waals surface area contributed by atoms with Crippen LogP contribution in [0.15, 0.2) is 115 Å². The van der Waals surface area contributed by atoms with Crippen molar-refractivity contribution in [1.29, 1.82) is 0 Å². The fourth-order valence-corrected chi connectivity index (χ4v) is 11.2. The lowest BCUT2D eigenvalue weighted by Crippen LogP contribution is -2.69. The Kier molecular flexibility index (Phi) is 27.0. The Morgan fingerprint density at radius 1 is 0.461 bits per heavy atom. The number of methoxy groups -OCH3 is 1. The molecule has 0 saturated carbocycles. The molecule has 4 aromatic carbocycles. The van der Waals surface area contributed by atoms with E-state index in [0.717, 1.165) is 31.2 Å². The lowest BCUT2D eigenvalue weighted by Gasteiger charge is -2.50. The van der Waals surface area contributed by atoms with Crippen molar-refractivity contribution < 1.29 is 172 Å². The number of aliphatic hydroxyl groups excluding tert-OH is 13. The van der Waals surface area contributed by atoms with E-state index in [1.807, 2.05) is 0 Å². The van der Waals surface area contributed by atoms with Gasteiger partial charge in [-0.15, -0.1) is 0 Å². The monoisotopic (exact) mass is 1440 g/mol. The third-order valence-corrected chi connectivity index (χ3v) is 16.7. The van der Waals surface area contributed by atoms with Crippen molar-refractivity contribution in [3.05, 3.63) is 138 Å². The van der Waals surface area contributed by atoms with E-state index in [-0.39, 0.29) is 34.1 Å². The number of aliphatic hydroxyl groups is 13. The van der Waals surface area contributed by atoms with Crippen LogP contribution in [-0.2, 0) is 80.8 Å². The van der Waals surface area contributed by atoms with E-state index in [2.05, 4.69) is 0 Å². The fourth-order valence-electron chi connectivity index (χ4n) is 11.2. The number of hydrogen-bond acceptors (Lipinski definition) is 35. The van der Waals surface area contributed by atoms with Crippen molar-refractivity contribution in [3.8, 4) is 23.0 Å². The SMILES string of the molecule is COc1cc(C=CC(=O)OC2C(COC(=O)C=Cc3ccc(O)cc3)OC(OC3(COC(=O)C=Cc4ccc(O)cc4)OC(CO)C(O)C3OC(=O)c3ccccc3)C(OC3OC(CO)C(O)C(O)C3O)C2OC2OC(COC(C)=O)C(O)C(O)C2O)ccc1OC1OC(CO)C(O)C(O)C1O. The summed E-state index contributed by atoms with van der Waals surface area (Å²) in [6.45, 7) is -5.24. The van der Waals surface area contributed by atoms with Gasteiger partial charge in [-0.05, 0) is 83.4 Å². The summed E-state index contributed by atoms with van der Waals surface area (Å²) in [6, 6.07) is 21.9. The van der Waals surface area contributed by atoms with Crippen molar-refractivity contribution >= 4 is 48.1 Å². The number of esters is 5. The van der Waals surface area contributed by atoms with Crippen molar-refractivity contribution in [1.82, 2.24) is 0 Å². The second kappa shape index (κ2) is 35.3. The number of carbonyl (C=O) groups is 5. The number of benzene rings is 4. The van der Waals surface area contributed by atoms with Crippen LogP contribution in [0.3, 0.4) is 0 Å². The minimum absolute atomic E-state index is 0.0956. The van der Waals surface area contributed by atoms with Gasteiger partial charge in [0.25, 0.3) is 0 Å². The molecule has 0 bridgehead atoms. The van der Waals surface area contributed by atoms with Gasteiger partial charge in [0.1, 0.15) is 135 Å². The van der Waals surface area contributed by atoms with Gasteiger partial charge in [0.15, 0.2) is 42.6 Å². The lowest BCUT2D eigenvalue weighted by atomic mass is 9.95. The minimum Gasteiger partial charge on any atom is -0.508 e. The van der Waals surface area contributed by atoms with Crippen LogP contribution in [0.25, 0.3) is 18.2 Å². The van der Waals surface area contributed by atoms with Gasteiger partial charge in [-0.25, -0.2) is 19.2 Å². The maximum Gasteiger partial charge on any atom is 0.338 e. The van der Waals surface area contributed by atoms with Gasteiger partial charge in [-0.3, -0.25) is 4.79 Å². The first-order valence-electron chi connectivity index (χ1n) is 31.6. The lowest BCUT2D eigenvalue weighted by molar-refractivity contribution is -0.421. The van der Waals surface area contributed by atoms with Gasteiger partial charge < -0.3 is 148 Å². The predicted octanol–water partition coefficient (Wildman–Crippen LogP) is -3.92. The topological polar surface area (TPSA) is 527 Å². The Labute approximate surface area is 579 Å². The second-order valence-electron chi connectivity index (χ2n) is 23.8. The number of hydrogen-bond donors (Lipinski definition) is 15. The highest BCUT2D eigenvalue weighted by Gasteiger charge is 2.64. The molecular formula is C67H78O35. The first-order chi connectivity index (χ1) is 48.7. The molecule has 5 fully saturated rings. The predicted molar refractivity (Wildman–Crippen MR) is 335 cm³/mol. The molecule has 5 aliphatic rings. The Morgan fingerprint density at radius 3 is 1.50 bits per heavy atom. The standard InChI is InChI=1S/C67H78O35/c1-31(71)89-28-43-50(79)54(83)57(86)65(95-43)98-59-58(97-47(76)23-15-34-12-20-38(39(24-34)88-2)92-63-55(84)52(81)48(77)40(25-68)93-63)44(29-90-45(74)21-13-32-8-16-36(72)17-9-32)96-66(60(59)99-64-56(85)53(82)49(78)41(26-69)94-64)102-67(30-91-46(75)22-14-33-10-18-37(73)19-11-33)61(51(80)42(27-70)101-67)100-62(87)35-6-4-3-5-7-35/h3-24,40-44,48-61,63-66,68-70,72-73,77-86H,25-30H2,1-2H3. The van der Waals surface area contributed by atoms with Crippen LogP contribution < -0.4 is 9.47 Å². The number of aromatic hydroxyl groups is 2. The first kappa shape index (κ1) is 78.0. The Hall–Kier alpha value is -8.19. The summed E-state index contributed by atoms with van der Waals surface area (Å²) in [6.07, 6.45) is -42.0. The van der Waals surface area contributed by atoms with Crippen molar-refractivity contribution in [3.63, 3.8) is 0 Å². The second-order valence-corrected chi connectivity index (χ2v) is 23.8. The average molecular weight is 1440 g/mol. The molecule has 0 aromatic heterocycles. The third kappa shape index (κ3) is 19.0. The van der Waals surface area contributed by atoms with Gasteiger partial charge >= 0.3 is 29.8 Å². The van der Waals surface area contributed by atoms with Crippen LogP contribution in [-0.4, -0.2) is 300 Å². The van der Waals surface area contributed by atoms with Crippen molar-refractivity contribution in [2.45, 2.75) is 154 Å². The van der Waals surface area contributed by atoms with Crippen LogP contribution in [0.2, 0.25) is 0 Å². The molecule has 24 atom stereocenters. The molecule has 35 heteroatoms. The molecule has 0 aliphatic carbocycles. The molecule has 102 heavy (non-hydrogen) atoms. The summed E-state index contributed by atoms with van der Waals surface area (Å²) < 4.78 is 89.5. The van der Waals surface area contributed by atoms with Gasteiger partial charge in [0.2, 0.25) is 12.1 Å². The van der Waals surface area contributed by atoms with E-state index in [0.29, 0.717) is 11.1 Å². The number of phenolic OH excluding ortho intramolecular Hbond substituents is 2. The molecule has 556 valence electrons. The third-order valence-electron chi connectivity index (χ3n) is 16.7. The molecule has 4 aromatic rings. The molecule has 5 aliphatic heterocycles. The molecule has 24 unspecified atom stereocenters. The van der Waals surface area contributed by atoms with E-state index in [1.165, 1.54) is 110 Å². The van der Waals surface area contributed by atoms with Gasteiger partial charge in [-0.2, -0.15) is 0 Å². The molecule has 15 N–H and O–H groups in total. The Balaban J connectivity index is 1.18. The number of ether oxygens (including phenoxy) is 15. The number of phenols is 2. The van der Waals surface area contributed by atoms with Crippen LogP contribution >= 0.6 is 0 Å². The maximum atomic E-state index is 14.7. The van der Waals surface area contributed by atoms with E-state index in [1.54, 1.807) is 6.07 Å². The Bertz CT molecular complexity index is 3520. The highest BCUT2D eigenvalue weighted by Crippen LogP contribution is 2.43. The summed E-state index contributed by atoms with van der Waals surface area (Å²) in [5.74, 6) is -9.39. The molecule has 5 heterocycles. The zero-order valence-corrected chi connectivity index (χ0v) is 54.1. The average Bonchev–Trinajstić information content (AvgIpc) is 1.46. The molecule has 5 saturated heterocycles. The minimum atomic E-state index is -3.03. The first-order valence-corrected chi connectivity index (χ1v) is 31.6. The fraction of sp³-hybridized carbons (Fsp3) is 0.478. The normalized spacial score (nSPS) is 34.1. The summed E-state index contributed by atoms with van der Waals surface area (Å²) in [5.41, 5.74) is 0.671. The van der Waals surface area contributed by atoms with E-state index in [4.69, 9.17) is 71.1 Å². The smallest absolute Gasteiger partial charge is 0.338 e. The van der Waals surface area contributed by atoms with Crippen LogP contribution in [0, 0.1) is 0 Å². The zero-order chi connectivity index (χ0) is 73.7. The highest BCUT2D eigenvalue weighted by atomic mass is 16.8. The molecule has 0 radical (unpaired) electrons. The molecule has 0 amide bonds. The number of rotatable bonds is 27. The molecule has 9 rings (SSSR count). The van der Waals surface area contributed by atoms with Gasteiger partial charge in [0, 0.05) is 25.2 Å². The molecule has 0 spiro atoms. The van der Waals surface area contributed by atoms with E-state index < -0.39 is 216 Å². The summed E-state index contributed by atoms with van der Waals surface area (Å²) in [7, 11) is 1.21. The van der Waals surface area contributed by atoms with Gasteiger partial charge in [0.05, 0.1) is 32.5 Å². The summed E-state index contributed by atoms with van der Waals surface area (Å²) >= 11 is 0. The Morgan fingerprint density at radius 2 is 0.941 bits per heavy atom. The number of carbonyl (C=O) groups excluding carboxylic acids is 5. The van der Waals surface area contributed by atoms with Gasteiger partial charge in [-0.1, -0.05) is 48.5 Å². The van der Waals surface area contributed by atoms with Crippen LogP contribution in [0.4, 0.5) is 0 Å². The highest BCUT2D eigenvalue weighted by molar-refractivity contribution is 5.90. The molecular weight excluding hydrogens is 1360 g/mol. The summed E-state index contributed by atoms with van der Waals surface area (Å²) in [4.78, 5) is 68.8. The summed E-state index contributed by atoms with van der Waals surface area (Å²) in [5, 5.41) is 163. The quantitative estimate of drug-likeness (QED) is 0.0154. The van der Waals surface area contributed by atoms with Crippen molar-refractivity contribution in [2.75, 3.05) is 46.8 Å². The maximum absolute atomic E-state index is 14.7. The van der Waals surface area contributed by atoms with Crippen LogP contribution in [0.1, 0.15) is 34.0 Å². The van der Waals surface area contributed by atoms with E-state index >= 15 is 0 Å². The largest absolute Gasteiger partial charge is 0.508 e. The van der Waals surface area contributed by atoms with E-state index in [9.17, 15) is 101 Å².